The van der Waals surface area contributed by atoms with Crippen LogP contribution in [0.5, 0.6) is 0 Å². The number of aryl methyl sites for hydroxylation is 1. The molecule has 1 aromatic rings. The van der Waals surface area contributed by atoms with E-state index in [1.54, 1.807) is 24.3 Å². The molecule has 1 N–H and O–H groups in total. The molecule has 0 spiro atoms. The minimum absolute atomic E-state index is 0.280. The van der Waals surface area contributed by atoms with Crippen molar-refractivity contribution in [1.82, 2.24) is 4.83 Å². The maximum atomic E-state index is 12.2. The Morgan fingerprint density at radius 1 is 1.14 bits per heavy atom. The number of benzene rings is 1. The third-order valence-electron chi connectivity index (χ3n) is 5.61. The van der Waals surface area contributed by atoms with Gasteiger partial charge in [0.1, 0.15) is 0 Å². The van der Waals surface area contributed by atoms with Gasteiger partial charge in [-0.15, -0.1) is 0 Å². The fraction of sp³-hybridized carbons (Fsp3) is 0.562. The molecule has 4 atom stereocenters. The van der Waals surface area contributed by atoms with Gasteiger partial charge in [0, 0.05) is 11.6 Å². The molecular weight excluding hydrogens is 284 g/mol. The smallest absolute Gasteiger partial charge is 0.200 e. The zero-order chi connectivity index (χ0) is 14.6. The molecule has 4 unspecified atom stereocenters. The van der Waals surface area contributed by atoms with Crippen LogP contribution in [0.15, 0.2) is 34.3 Å². The molecule has 3 aliphatic rings. The predicted molar refractivity (Wildman–Crippen MR) is 81.4 cm³/mol. The van der Waals surface area contributed by atoms with E-state index in [2.05, 4.69) is 9.93 Å². The summed E-state index contributed by atoms with van der Waals surface area (Å²) in [4.78, 5) is 2.72. The van der Waals surface area contributed by atoms with Crippen molar-refractivity contribution in [2.75, 3.05) is 0 Å². The molecule has 4 nitrogen and oxygen atoms in total. The summed E-state index contributed by atoms with van der Waals surface area (Å²) in [7, 11) is -3.53. The first-order valence-electron chi connectivity index (χ1n) is 7.69. The van der Waals surface area contributed by atoms with Gasteiger partial charge in [0.2, 0.25) is 0 Å². The van der Waals surface area contributed by atoms with E-state index in [0.717, 1.165) is 35.4 Å². The molecule has 0 amide bonds. The SMILES string of the molecule is Cc1ccc(S(=O)(=O)N/N=C2\CC3C4CCC3C2C4)cc1. The van der Waals surface area contributed by atoms with Gasteiger partial charge in [0.25, 0.3) is 10.0 Å². The summed E-state index contributed by atoms with van der Waals surface area (Å²) >= 11 is 0. The van der Waals surface area contributed by atoms with E-state index in [-0.39, 0.29) is 4.90 Å². The molecule has 0 radical (unpaired) electrons. The summed E-state index contributed by atoms with van der Waals surface area (Å²) in [6.07, 6.45) is 4.90. The zero-order valence-electron chi connectivity index (χ0n) is 12.1. The lowest BCUT2D eigenvalue weighted by molar-refractivity contribution is 0.408. The topological polar surface area (TPSA) is 58.5 Å². The Morgan fingerprint density at radius 2 is 1.90 bits per heavy atom. The predicted octanol–water partition coefficient (Wildman–Crippen LogP) is 2.70. The molecule has 3 fully saturated rings. The van der Waals surface area contributed by atoms with Crippen LogP contribution in [0.2, 0.25) is 0 Å². The summed E-state index contributed by atoms with van der Waals surface area (Å²) in [5.74, 6) is 2.97. The molecule has 0 heterocycles. The Morgan fingerprint density at radius 3 is 2.57 bits per heavy atom. The lowest BCUT2D eigenvalue weighted by atomic mass is 9.84. The van der Waals surface area contributed by atoms with Crippen molar-refractivity contribution in [3.63, 3.8) is 0 Å². The lowest BCUT2D eigenvalue weighted by Crippen LogP contribution is -2.25. The standard InChI is InChI=1S/C16H20N2O2S/c1-10-2-5-12(6-3-10)21(19,20)18-17-16-9-14-11-4-7-13(14)15(16)8-11/h2-3,5-6,11,13-15,18H,4,7-9H2,1H3/b17-16+. The largest absolute Gasteiger partial charge is 0.276 e. The molecule has 4 bridgehead atoms. The van der Waals surface area contributed by atoms with Crippen LogP contribution in [-0.4, -0.2) is 14.1 Å². The van der Waals surface area contributed by atoms with E-state index in [4.69, 9.17) is 0 Å². The Balaban J connectivity index is 1.52. The van der Waals surface area contributed by atoms with Gasteiger partial charge in [-0.25, -0.2) is 4.83 Å². The summed E-state index contributed by atoms with van der Waals surface area (Å²) < 4.78 is 24.5. The second-order valence-electron chi connectivity index (χ2n) is 6.72. The fourth-order valence-corrected chi connectivity index (χ4v) is 5.43. The maximum Gasteiger partial charge on any atom is 0.276 e. The number of sulfonamides is 1. The molecule has 3 saturated carbocycles. The fourth-order valence-electron chi connectivity index (χ4n) is 4.59. The number of nitrogens with zero attached hydrogens (tertiary/aromatic N) is 1. The van der Waals surface area contributed by atoms with Gasteiger partial charge >= 0.3 is 0 Å². The Hall–Kier alpha value is -1.36. The quantitative estimate of drug-likeness (QED) is 0.873. The van der Waals surface area contributed by atoms with Crippen LogP contribution in [0.1, 0.15) is 31.2 Å². The average Bonchev–Trinajstić information content (AvgIpc) is 3.12. The van der Waals surface area contributed by atoms with Crippen molar-refractivity contribution in [2.24, 2.45) is 28.8 Å². The highest BCUT2D eigenvalue weighted by molar-refractivity contribution is 7.89. The summed E-state index contributed by atoms with van der Waals surface area (Å²) in [5, 5.41) is 4.27. The third kappa shape index (κ3) is 2.09. The van der Waals surface area contributed by atoms with Crippen molar-refractivity contribution >= 4 is 15.7 Å². The van der Waals surface area contributed by atoms with Crippen molar-refractivity contribution < 1.29 is 8.42 Å². The van der Waals surface area contributed by atoms with E-state index in [1.807, 2.05) is 6.92 Å². The Labute approximate surface area is 125 Å². The first-order chi connectivity index (χ1) is 10.0. The molecule has 0 aromatic heterocycles. The summed E-state index contributed by atoms with van der Waals surface area (Å²) in [6.45, 7) is 1.94. The highest BCUT2D eigenvalue weighted by atomic mass is 32.2. The third-order valence-corrected chi connectivity index (χ3v) is 6.84. The van der Waals surface area contributed by atoms with Gasteiger partial charge < -0.3 is 0 Å². The molecule has 3 aliphatic carbocycles. The number of hydrogen-bond donors (Lipinski definition) is 1. The van der Waals surface area contributed by atoms with Crippen LogP contribution in [0.4, 0.5) is 0 Å². The van der Waals surface area contributed by atoms with Crippen molar-refractivity contribution in [3.8, 4) is 0 Å². The van der Waals surface area contributed by atoms with E-state index in [9.17, 15) is 8.42 Å². The highest BCUT2D eigenvalue weighted by Crippen LogP contribution is 2.59. The first-order valence-corrected chi connectivity index (χ1v) is 9.18. The molecule has 0 saturated heterocycles. The van der Waals surface area contributed by atoms with Gasteiger partial charge in [-0.05, 0) is 62.5 Å². The Kier molecular flexibility index (Phi) is 2.89. The van der Waals surface area contributed by atoms with Crippen LogP contribution < -0.4 is 4.83 Å². The molecule has 1 aromatic carbocycles. The number of nitrogens with one attached hydrogen (secondary N) is 1. The van der Waals surface area contributed by atoms with Gasteiger partial charge in [0.15, 0.2) is 0 Å². The van der Waals surface area contributed by atoms with Gasteiger partial charge in [-0.3, -0.25) is 0 Å². The monoisotopic (exact) mass is 304 g/mol. The Bertz CT molecular complexity index is 693. The zero-order valence-corrected chi connectivity index (χ0v) is 12.9. The number of hydrogen-bond acceptors (Lipinski definition) is 3. The van der Waals surface area contributed by atoms with Crippen LogP contribution in [0, 0.1) is 30.6 Å². The molecule has 4 rings (SSSR count). The molecule has 0 aliphatic heterocycles. The average molecular weight is 304 g/mol. The van der Waals surface area contributed by atoms with Crippen molar-refractivity contribution in [3.05, 3.63) is 29.8 Å². The van der Waals surface area contributed by atoms with Gasteiger partial charge in [-0.2, -0.15) is 13.5 Å². The minimum Gasteiger partial charge on any atom is -0.200 e. The normalized spacial score (nSPS) is 35.6. The molecule has 112 valence electrons. The molecule has 21 heavy (non-hydrogen) atoms. The first kappa shape index (κ1) is 13.3. The van der Waals surface area contributed by atoms with Crippen molar-refractivity contribution in [1.29, 1.82) is 0 Å². The number of rotatable bonds is 3. The summed E-state index contributed by atoms with van der Waals surface area (Å²) in [6, 6.07) is 6.86. The van der Waals surface area contributed by atoms with Crippen LogP contribution in [0.25, 0.3) is 0 Å². The van der Waals surface area contributed by atoms with Crippen LogP contribution in [-0.2, 0) is 10.0 Å². The lowest BCUT2D eigenvalue weighted by Gasteiger charge is -2.22. The second kappa shape index (κ2) is 4.57. The highest BCUT2D eigenvalue weighted by Gasteiger charge is 2.55. The molecule has 5 heteroatoms. The second-order valence-corrected chi connectivity index (χ2v) is 8.38. The van der Waals surface area contributed by atoms with E-state index < -0.39 is 10.0 Å². The van der Waals surface area contributed by atoms with E-state index in [0.29, 0.717) is 5.92 Å². The summed E-state index contributed by atoms with van der Waals surface area (Å²) in [5.41, 5.74) is 2.13. The van der Waals surface area contributed by atoms with E-state index >= 15 is 0 Å². The number of hydrazone groups is 1. The maximum absolute atomic E-state index is 12.2. The van der Waals surface area contributed by atoms with Crippen LogP contribution >= 0.6 is 0 Å². The van der Waals surface area contributed by atoms with Gasteiger partial charge in [-0.1, -0.05) is 17.7 Å². The van der Waals surface area contributed by atoms with Gasteiger partial charge in [0.05, 0.1) is 4.90 Å². The van der Waals surface area contributed by atoms with Crippen molar-refractivity contribution in [2.45, 2.75) is 37.5 Å². The van der Waals surface area contributed by atoms with Crippen LogP contribution in [0.3, 0.4) is 0 Å². The minimum atomic E-state index is -3.53. The van der Waals surface area contributed by atoms with E-state index in [1.165, 1.54) is 19.3 Å². The molecular formula is C16H20N2O2S.